The molecule has 5 amide bonds. The number of carbonyl (C=O) groups is 4. The van der Waals surface area contributed by atoms with Gasteiger partial charge in [-0.2, -0.15) is 0 Å². The minimum Gasteiger partial charge on any atom is -0.348 e. The molecule has 27 heavy (non-hydrogen) atoms. The summed E-state index contributed by atoms with van der Waals surface area (Å²) in [5.74, 6) is -2.37. The van der Waals surface area contributed by atoms with Crippen LogP contribution in [0.1, 0.15) is 32.4 Å². The van der Waals surface area contributed by atoms with E-state index in [-0.39, 0.29) is 6.04 Å². The maximum atomic E-state index is 12.4. The van der Waals surface area contributed by atoms with Crippen LogP contribution in [0, 0.1) is 0 Å². The summed E-state index contributed by atoms with van der Waals surface area (Å²) in [6, 6.07) is 12.1. The summed E-state index contributed by atoms with van der Waals surface area (Å²) in [6.07, 6.45) is 0. The number of nitrogens with one attached hydrogen (secondary N) is 1. The molecule has 2 aromatic rings. The van der Waals surface area contributed by atoms with Crippen LogP contribution in [0.25, 0.3) is 10.8 Å². The maximum Gasteiger partial charge on any atom is 0.334 e. The van der Waals surface area contributed by atoms with Crippen molar-refractivity contribution in [1.82, 2.24) is 15.1 Å². The standard InChI is InChI=1S/C20H21N3O4/c1-12(2)23-19(26)18(25)22(20(23)27)11-17(24)21-13(3)15-10-6-8-14-7-4-5-9-16(14)15/h4-10,12-13H,11H2,1-3H3,(H,21,24). The number of benzene rings is 2. The number of urea groups is 1. The molecule has 1 heterocycles. The molecule has 1 fully saturated rings. The highest BCUT2D eigenvalue weighted by atomic mass is 16.2. The SMILES string of the molecule is CC(NC(=O)CN1C(=O)C(=O)N(C(C)C)C1=O)c1cccc2ccccc12. The molecular formula is C20H21N3O4. The van der Waals surface area contributed by atoms with Gasteiger partial charge in [0.1, 0.15) is 6.54 Å². The molecule has 1 unspecified atom stereocenters. The number of hydrogen-bond donors (Lipinski definition) is 1. The lowest BCUT2D eigenvalue weighted by Crippen LogP contribution is -2.43. The van der Waals surface area contributed by atoms with Gasteiger partial charge >= 0.3 is 17.8 Å². The molecule has 2 aromatic carbocycles. The van der Waals surface area contributed by atoms with E-state index in [1.165, 1.54) is 0 Å². The van der Waals surface area contributed by atoms with E-state index in [2.05, 4.69) is 5.32 Å². The molecule has 0 bridgehead atoms. The van der Waals surface area contributed by atoms with Crippen LogP contribution in [0.5, 0.6) is 0 Å². The minimum atomic E-state index is -0.971. The Kier molecular flexibility index (Phi) is 4.94. The molecule has 0 aromatic heterocycles. The number of hydrogen-bond acceptors (Lipinski definition) is 4. The summed E-state index contributed by atoms with van der Waals surface area (Å²) in [4.78, 5) is 50.2. The van der Waals surface area contributed by atoms with Crippen molar-refractivity contribution in [2.75, 3.05) is 6.54 Å². The lowest BCUT2D eigenvalue weighted by atomic mass is 10.00. The van der Waals surface area contributed by atoms with E-state index in [0.717, 1.165) is 21.2 Å². The molecular weight excluding hydrogens is 346 g/mol. The van der Waals surface area contributed by atoms with Crippen molar-refractivity contribution in [2.45, 2.75) is 32.9 Å². The van der Waals surface area contributed by atoms with Crippen LogP contribution in [0.2, 0.25) is 0 Å². The number of carbonyl (C=O) groups excluding carboxylic acids is 4. The third-order valence-corrected chi connectivity index (χ3v) is 4.57. The third kappa shape index (κ3) is 3.40. The van der Waals surface area contributed by atoms with Gasteiger partial charge in [-0.1, -0.05) is 42.5 Å². The zero-order valence-electron chi connectivity index (χ0n) is 15.4. The number of nitrogens with zero attached hydrogens (tertiary/aromatic N) is 2. The van der Waals surface area contributed by atoms with E-state index in [9.17, 15) is 19.2 Å². The third-order valence-electron chi connectivity index (χ3n) is 4.57. The highest BCUT2D eigenvalue weighted by Gasteiger charge is 2.46. The minimum absolute atomic E-state index is 0.326. The molecule has 1 aliphatic rings. The van der Waals surface area contributed by atoms with Crippen molar-refractivity contribution in [3.05, 3.63) is 48.0 Å². The lowest BCUT2D eigenvalue weighted by Gasteiger charge is -2.20. The first-order chi connectivity index (χ1) is 12.8. The van der Waals surface area contributed by atoms with Crippen LogP contribution >= 0.6 is 0 Å². The van der Waals surface area contributed by atoms with Crippen LogP contribution < -0.4 is 5.32 Å². The fourth-order valence-electron chi connectivity index (χ4n) is 3.25. The zero-order chi connectivity index (χ0) is 19.7. The van der Waals surface area contributed by atoms with E-state index in [0.29, 0.717) is 4.90 Å². The molecule has 1 aliphatic heterocycles. The molecule has 0 aliphatic carbocycles. The summed E-state index contributed by atoms with van der Waals surface area (Å²) in [6.45, 7) is 4.62. The summed E-state index contributed by atoms with van der Waals surface area (Å²) in [5, 5.41) is 4.87. The van der Waals surface area contributed by atoms with Gasteiger partial charge in [-0.15, -0.1) is 0 Å². The highest BCUT2D eigenvalue weighted by Crippen LogP contribution is 2.24. The molecule has 1 atom stereocenters. The highest BCUT2D eigenvalue weighted by molar-refractivity contribution is 6.45. The van der Waals surface area contributed by atoms with Crippen molar-refractivity contribution in [1.29, 1.82) is 0 Å². The Morgan fingerprint density at radius 1 is 0.963 bits per heavy atom. The Morgan fingerprint density at radius 3 is 2.30 bits per heavy atom. The van der Waals surface area contributed by atoms with E-state index >= 15 is 0 Å². The van der Waals surface area contributed by atoms with Gasteiger partial charge in [0.25, 0.3) is 0 Å². The molecule has 0 radical (unpaired) electrons. The zero-order valence-corrected chi connectivity index (χ0v) is 15.4. The van der Waals surface area contributed by atoms with Gasteiger partial charge in [-0.25, -0.2) is 9.69 Å². The molecule has 140 valence electrons. The van der Waals surface area contributed by atoms with Crippen LogP contribution in [-0.4, -0.2) is 46.1 Å². The van der Waals surface area contributed by atoms with Gasteiger partial charge in [0, 0.05) is 6.04 Å². The summed E-state index contributed by atoms with van der Waals surface area (Å²) in [7, 11) is 0. The van der Waals surface area contributed by atoms with Crippen molar-refractivity contribution in [3.63, 3.8) is 0 Å². The Bertz CT molecular complexity index is 932. The number of imide groups is 2. The Labute approximate surface area is 156 Å². The average molecular weight is 367 g/mol. The van der Waals surface area contributed by atoms with Crippen LogP contribution in [0.15, 0.2) is 42.5 Å². The van der Waals surface area contributed by atoms with Crippen molar-refractivity contribution >= 4 is 34.5 Å². The first-order valence-electron chi connectivity index (χ1n) is 8.77. The molecule has 7 heteroatoms. The quantitative estimate of drug-likeness (QED) is 0.648. The second-order valence-corrected chi connectivity index (χ2v) is 6.80. The molecule has 1 N–H and O–H groups in total. The Morgan fingerprint density at radius 2 is 1.63 bits per heavy atom. The van der Waals surface area contributed by atoms with Crippen LogP contribution in [-0.2, 0) is 14.4 Å². The van der Waals surface area contributed by atoms with Gasteiger partial charge in [0.2, 0.25) is 5.91 Å². The molecule has 0 spiro atoms. The predicted molar refractivity (Wildman–Crippen MR) is 99.6 cm³/mol. The van der Waals surface area contributed by atoms with E-state index in [1.54, 1.807) is 13.8 Å². The first-order valence-corrected chi connectivity index (χ1v) is 8.77. The Hall–Kier alpha value is -3.22. The van der Waals surface area contributed by atoms with Gasteiger partial charge in [-0.05, 0) is 37.1 Å². The van der Waals surface area contributed by atoms with Gasteiger partial charge < -0.3 is 5.32 Å². The van der Waals surface area contributed by atoms with Crippen LogP contribution in [0.4, 0.5) is 4.79 Å². The van der Waals surface area contributed by atoms with E-state index in [4.69, 9.17) is 0 Å². The monoisotopic (exact) mass is 367 g/mol. The largest absolute Gasteiger partial charge is 0.348 e. The fourth-order valence-corrected chi connectivity index (χ4v) is 3.25. The summed E-state index contributed by atoms with van der Waals surface area (Å²) < 4.78 is 0. The maximum absolute atomic E-state index is 12.4. The van der Waals surface area contributed by atoms with Crippen molar-refractivity contribution in [2.24, 2.45) is 0 Å². The first kappa shape index (κ1) is 18.6. The topological polar surface area (TPSA) is 86.8 Å². The summed E-state index contributed by atoms with van der Waals surface area (Å²) in [5.41, 5.74) is 0.931. The Balaban J connectivity index is 1.73. The summed E-state index contributed by atoms with van der Waals surface area (Å²) >= 11 is 0. The average Bonchev–Trinajstić information content (AvgIpc) is 2.84. The van der Waals surface area contributed by atoms with Crippen molar-refractivity contribution in [3.8, 4) is 0 Å². The van der Waals surface area contributed by atoms with Gasteiger partial charge in [-0.3, -0.25) is 19.3 Å². The van der Waals surface area contributed by atoms with Gasteiger partial charge in [0.05, 0.1) is 6.04 Å². The van der Waals surface area contributed by atoms with Crippen LogP contribution in [0.3, 0.4) is 0 Å². The van der Waals surface area contributed by atoms with E-state index < -0.39 is 36.3 Å². The lowest BCUT2D eigenvalue weighted by molar-refractivity contribution is -0.144. The molecule has 1 saturated heterocycles. The molecule has 3 rings (SSSR count). The van der Waals surface area contributed by atoms with Gasteiger partial charge in [0.15, 0.2) is 0 Å². The van der Waals surface area contributed by atoms with E-state index in [1.807, 2.05) is 49.4 Å². The predicted octanol–water partition coefficient (Wildman–Crippen LogP) is 2.22. The second kappa shape index (κ2) is 7.19. The normalized spacial score (nSPS) is 15.8. The number of rotatable bonds is 5. The smallest absolute Gasteiger partial charge is 0.334 e. The van der Waals surface area contributed by atoms with Crippen molar-refractivity contribution < 1.29 is 19.2 Å². The fraction of sp³-hybridized carbons (Fsp3) is 0.300. The molecule has 7 nitrogen and oxygen atoms in total. The number of fused-ring (bicyclic) bond motifs is 1. The molecule has 0 saturated carbocycles. The second-order valence-electron chi connectivity index (χ2n) is 6.80. The number of amides is 5.